The molecule has 0 amide bonds. The van der Waals surface area contributed by atoms with Gasteiger partial charge in [-0.15, -0.1) is 12.4 Å². The number of hydrogen-bond acceptors (Lipinski definition) is 4. The van der Waals surface area contributed by atoms with Crippen molar-refractivity contribution in [3.63, 3.8) is 0 Å². The van der Waals surface area contributed by atoms with Crippen LogP contribution in [0.1, 0.15) is 12.1 Å². The number of cyclic esters (lactones) is 1. The molecule has 3 N–H and O–H groups in total. The van der Waals surface area contributed by atoms with E-state index in [1.807, 2.05) is 0 Å². The zero-order valence-corrected chi connectivity index (χ0v) is 8.34. The fourth-order valence-corrected chi connectivity index (χ4v) is 1.45. The summed E-state index contributed by atoms with van der Waals surface area (Å²) in [5.41, 5.74) is 5.88. The molecule has 0 saturated carbocycles. The van der Waals surface area contributed by atoms with Crippen LogP contribution >= 0.6 is 12.4 Å². The quantitative estimate of drug-likeness (QED) is 0.685. The number of carbonyl (C=O) groups excluding carboxylic acids is 1. The largest absolute Gasteiger partial charge is 0.464 e. The Kier molecular flexibility index (Phi) is 3.13. The number of ether oxygens (including phenoxy) is 1. The minimum atomic E-state index is -0.855. The van der Waals surface area contributed by atoms with Gasteiger partial charge in [-0.3, -0.25) is 4.79 Å². The Balaban J connectivity index is 0.000000980. The highest BCUT2D eigenvalue weighted by Gasteiger charge is 2.41. The fourth-order valence-electron chi connectivity index (χ4n) is 1.45. The van der Waals surface area contributed by atoms with Gasteiger partial charge in [0.05, 0.1) is 12.9 Å². The van der Waals surface area contributed by atoms with Crippen LogP contribution in [0.3, 0.4) is 0 Å². The number of hydrogen-bond donors (Lipinski definition) is 2. The molecule has 0 aliphatic carbocycles. The smallest absolute Gasteiger partial charge is 0.326 e. The van der Waals surface area contributed by atoms with Crippen LogP contribution in [0.25, 0.3) is 0 Å². The summed E-state index contributed by atoms with van der Waals surface area (Å²) in [6, 6.07) is 0. The molecule has 1 atom stereocenters. The Hall–Kier alpha value is -1.07. The van der Waals surface area contributed by atoms with E-state index in [1.54, 1.807) is 12.5 Å². The molecule has 1 saturated heterocycles. The Morgan fingerprint density at radius 1 is 1.71 bits per heavy atom. The molecule has 0 spiro atoms. The van der Waals surface area contributed by atoms with E-state index in [0.29, 0.717) is 19.4 Å². The van der Waals surface area contributed by atoms with Crippen LogP contribution in [0, 0.1) is 0 Å². The third-order valence-corrected chi connectivity index (χ3v) is 2.25. The summed E-state index contributed by atoms with van der Waals surface area (Å²) in [6.07, 6.45) is 4.27. The second-order valence-electron chi connectivity index (χ2n) is 3.30. The molecule has 1 aliphatic heterocycles. The number of esters is 1. The van der Waals surface area contributed by atoms with Crippen LogP contribution < -0.4 is 5.73 Å². The lowest BCUT2D eigenvalue weighted by atomic mass is 9.93. The Bertz CT molecular complexity index is 314. The number of nitrogens with zero attached hydrogens (tertiary/aromatic N) is 1. The van der Waals surface area contributed by atoms with Crippen LogP contribution in [0.15, 0.2) is 12.5 Å². The molecule has 6 heteroatoms. The maximum absolute atomic E-state index is 11.2. The Morgan fingerprint density at radius 3 is 3.00 bits per heavy atom. The molecule has 0 aromatic carbocycles. The predicted molar refractivity (Wildman–Crippen MR) is 52.0 cm³/mol. The molecule has 5 nitrogen and oxygen atoms in total. The van der Waals surface area contributed by atoms with E-state index in [-0.39, 0.29) is 18.4 Å². The molecule has 78 valence electrons. The topological polar surface area (TPSA) is 81.0 Å². The van der Waals surface area contributed by atoms with Gasteiger partial charge in [0.1, 0.15) is 5.54 Å². The average Bonchev–Trinajstić information content (AvgIpc) is 2.65. The van der Waals surface area contributed by atoms with Crippen LogP contribution in [0.5, 0.6) is 0 Å². The highest BCUT2D eigenvalue weighted by atomic mass is 35.5. The van der Waals surface area contributed by atoms with Gasteiger partial charge in [-0.2, -0.15) is 0 Å². The standard InChI is InChI=1S/C8H11N3O2.ClH/c9-8(1-2-13-7(8)12)3-6-4-10-5-11-6;/h4-5H,1-3,9H2,(H,10,11);1H/t8-;/m1./s1. The number of imidazole rings is 1. The first-order chi connectivity index (χ1) is 6.21. The molecule has 1 aromatic heterocycles. The van der Waals surface area contributed by atoms with E-state index in [2.05, 4.69) is 9.97 Å². The lowest BCUT2D eigenvalue weighted by molar-refractivity contribution is -0.142. The monoisotopic (exact) mass is 217 g/mol. The van der Waals surface area contributed by atoms with Gasteiger partial charge in [-0.1, -0.05) is 0 Å². The molecule has 14 heavy (non-hydrogen) atoms. The van der Waals surface area contributed by atoms with Crippen molar-refractivity contribution in [3.05, 3.63) is 18.2 Å². The number of aromatic nitrogens is 2. The summed E-state index contributed by atoms with van der Waals surface area (Å²) < 4.78 is 4.82. The number of H-pyrrole nitrogens is 1. The van der Waals surface area contributed by atoms with Crippen molar-refractivity contribution in [2.24, 2.45) is 5.73 Å². The molecule has 0 bridgehead atoms. The Morgan fingerprint density at radius 2 is 2.50 bits per heavy atom. The first-order valence-electron chi connectivity index (χ1n) is 4.14. The Labute approximate surface area is 87.4 Å². The molecular formula is C8H12ClN3O2. The van der Waals surface area contributed by atoms with E-state index < -0.39 is 5.54 Å². The minimum Gasteiger partial charge on any atom is -0.464 e. The van der Waals surface area contributed by atoms with Crippen LogP contribution in [0.4, 0.5) is 0 Å². The zero-order chi connectivity index (χ0) is 9.31. The van der Waals surface area contributed by atoms with Gasteiger partial charge in [-0.25, -0.2) is 4.98 Å². The summed E-state index contributed by atoms with van der Waals surface area (Å²) in [4.78, 5) is 18.0. The van der Waals surface area contributed by atoms with E-state index in [9.17, 15) is 4.79 Å². The molecule has 1 aliphatic rings. The molecule has 1 aromatic rings. The summed E-state index contributed by atoms with van der Waals surface area (Å²) in [6.45, 7) is 0.420. The summed E-state index contributed by atoms with van der Waals surface area (Å²) >= 11 is 0. The minimum absolute atomic E-state index is 0. The average molecular weight is 218 g/mol. The summed E-state index contributed by atoms with van der Waals surface area (Å²) in [5.74, 6) is -0.317. The number of carbonyl (C=O) groups is 1. The predicted octanol–water partition coefficient (Wildman–Crippen LogP) is 0.0184. The third kappa shape index (κ3) is 1.88. The van der Waals surface area contributed by atoms with Gasteiger partial charge in [0.15, 0.2) is 0 Å². The molecule has 1 fully saturated rings. The van der Waals surface area contributed by atoms with Gasteiger partial charge in [0.2, 0.25) is 0 Å². The second-order valence-corrected chi connectivity index (χ2v) is 3.30. The SMILES string of the molecule is Cl.N[C@@]1(Cc2cnc[nH]2)CCOC1=O. The number of aromatic amines is 1. The molecule has 2 heterocycles. The number of halogens is 1. The van der Waals surface area contributed by atoms with E-state index in [4.69, 9.17) is 10.5 Å². The molecule has 0 radical (unpaired) electrons. The van der Waals surface area contributed by atoms with Crippen molar-refractivity contribution in [2.45, 2.75) is 18.4 Å². The maximum atomic E-state index is 11.2. The van der Waals surface area contributed by atoms with Gasteiger partial charge in [-0.05, 0) is 0 Å². The lowest BCUT2D eigenvalue weighted by Crippen LogP contribution is -2.46. The van der Waals surface area contributed by atoms with E-state index in [0.717, 1.165) is 5.69 Å². The normalized spacial score (nSPS) is 25.6. The molecule has 0 unspecified atom stereocenters. The number of rotatable bonds is 2. The van der Waals surface area contributed by atoms with Crippen molar-refractivity contribution in [1.29, 1.82) is 0 Å². The third-order valence-electron chi connectivity index (χ3n) is 2.25. The van der Waals surface area contributed by atoms with Crippen molar-refractivity contribution in [1.82, 2.24) is 9.97 Å². The maximum Gasteiger partial charge on any atom is 0.326 e. The van der Waals surface area contributed by atoms with E-state index >= 15 is 0 Å². The summed E-state index contributed by atoms with van der Waals surface area (Å²) in [7, 11) is 0. The van der Waals surface area contributed by atoms with Crippen molar-refractivity contribution >= 4 is 18.4 Å². The van der Waals surface area contributed by atoms with Crippen molar-refractivity contribution < 1.29 is 9.53 Å². The first kappa shape index (κ1) is 11.0. The van der Waals surface area contributed by atoms with Crippen LogP contribution in [0.2, 0.25) is 0 Å². The lowest BCUT2D eigenvalue weighted by Gasteiger charge is -2.16. The second kappa shape index (κ2) is 3.98. The first-order valence-corrected chi connectivity index (χ1v) is 4.14. The van der Waals surface area contributed by atoms with Crippen molar-refractivity contribution in [2.75, 3.05) is 6.61 Å². The van der Waals surface area contributed by atoms with Gasteiger partial charge in [0, 0.05) is 24.7 Å². The van der Waals surface area contributed by atoms with Crippen LogP contribution in [-0.2, 0) is 16.0 Å². The fraction of sp³-hybridized carbons (Fsp3) is 0.500. The number of nitrogens with two attached hydrogens (primary N) is 1. The highest BCUT2D eigenvalue weighted by molar-refractivity contribution is 5.85. The number of nitrogens with one attached hydrogen (secondary N) is 1. The van der Waals surface area contributed by atoms with Crippen LogP contribution in [-0.4, -0.2) is 28.1 Å². The van der Waals surface area contributed by atoms with Gasteiger partial charge in [0.25, 0.3) is 0 Å². The summed E-state index contributed by atoms with van der Waals surface area (Å²) in [5, 5.41) is 0. The van der Waals surface area contributed by atoms with E-state index in [1.165, 1.54) is 0 Å². The zero-order valence-electron chi connectivity index (χ0n) is 7.53. The molecular weight excluding hydrogens is 206 g/mol. The highest BCUT2D eigenvalue weighted by Crippen LogP contribution is 2.21. The van der Waals surface area contributed by atoms with Gasteiger partial charge >= 0.3 is 5.97 Å². The molecule has 2 rings (SSSR count). The van der Waals surface area contributed by atoms with Crippen molar-refractivity contribution in [3.8, 4) is 0 Å². The van der Waals surface area contributed by atoms with Gasteiger partial charge < -0.3 is 15.5 Å².